The molecule has 0 bridgehead atoms. The molecule has 0 radical (unpaired) electrons. The number of aromatic nitrogens is 1. The molecule has 2 aromatic carbocycles. The van der Waals surface area contributed by atoms with E-state index in [0.717, 1.165) is 64.1 Å². The average Bonchev–Trinajstić information content (AvgIpc) is 4.09. The standard InChI is InChI=1S/C37H45Cl2N3O10/c38-28-16-23(21-51-37(11-12-37)27-17-40-13-10-25(27)26-6-1-2-7-32(26)52-24-8-9-24)29(39)15-22(28)5-3-4-14-42(36(50)41-18-33(46)47)19-30(44)34(48)35(49)31(45)20-43/h1-2,6-7,10,13,15-17,24,30-31,34-35,43-45,48-49H,3-5,8-9,11-12,14,18-21H2,(H,41,50)(H,46,47)/t30-,31+,34+,35+/m1/s1. The van der Waals surface area contributed by atoms with Gasteiger partial charge in [0.1, 0.15) is 36.7 Å². The topological polar surface area (TPSA) is 202 Å². The van der Waals surface area contributed by atoms with Crippen molar-refractivity contribution in [3.05, 3.63) is 81.6 Å². The number of benzene rings is 2. The zero-order valence-corrected chi connectivity index (χ0v) is 30.0. The van der Waals surface area contributed by atoms with Gasteiger partial charge in [-0.3, -0.25) is 9.78 Å². The highest BCUT2D eigenvalue weighted by molar-refractivity contribution is 6.34. The van der Waals surface area contributed by atoms with Gasteiger partial charge in [-0.2, -0.15) is 0 Å². The SMILES string of the molecule is O=C(O)CNC(=O)N(CCCCc1cc(Cl)c(COC2(c3cnccc3-c3ccccc3OC3CC3)CC2)cc1Cl)C[C@@H](O)[C@H](O)[C@@H](O)[C@@H](O)CO. The number of nitrogens with one attached hydrogen (secondary N) is 1. The second kappa shape index (κ2) is 18.0. The van der Waals surface area contributed by atoms with Crippen LogP contribution in [-0.2, 0) is 28.2 Å². The Labute approximate surface area is 311 Å². The van der Waals surface area contributed by atoms with E-state index in [1.165, 1.54) is 0 Å². The number of hydrogen-bond acceptors (Lipinski definition) is 10. The number of unbranched alkanes of at least 4 members (excludes halogenated alkanes) is 1. The van der Waals surface area contributed by atoms with Crippen molar-refractivity contribution in [1.82, 2.24) is 15.2 Å². The predicted molar refractivity (Wildman–Crippen MR) is 192 cm³/mol. The molecule has 2 saturated carbocycles. The minimum Gasteiger partial charge on any atom is -0.490 e. The minimum atomic E-state index is -1.88. The number of aliphatic carboxylic acids is 1. The Kier molecular flexibility index (Phi) is 13.7. The van der Waals surface area contributed by atoms with Crippen LogP contribution >= 0.6 is 23.2 Å². The number of ether oxygens (including phenoxy) is 2. The molecule has 2 aliphatic carbocycles. The molecule has 13 nitrogen and oxygen atoms in total. The zero-order valence-electron chi connectivity index (χ0n) is 28.5. The van der Waals surface area contributed by atoms with Gasteiger partial charge in [-0.15, -0.1) is 0 Å². The van der Waals surface area contributed by atoms with E-state index in [4.69, 9.17) is 42.9 Å². The number of nitrogens with zero attached hydrogens (tertiary/aromatic N) is 2. The summed E-state index contributed by atoms with van der Waals surface area (Å²) in [5.41, 5.74) is 4.00. The summed E-state index contributed by atoms with van der Waals surface area (Å²) in [6.45, 7) is -1.72. The molecule has 0 spiro atoms. The van der Waals surface area contributed by atoms with Crippen LogP contribution in [-0.4, -0.2) is 109 Å². The van der Waals surface area contributed by atoms with E-state index in [9.17, 15) is 30.0 Å². The number of aliphatic hydroxyl groups excluding tert-OH is 5. The van der Waals surface area contributed by atoms with Crippen molar-refractivity contribution in [3.8, 4) is 16.9 Å². The van der Waals surface area contributed by atoms with E-state index < -0.39 is 61.7 Å². The van der Waals surface area contributed by atoms with Crippen LogP contribution in [0, 0.1) is 0 Å². The van der Waals surface area contributed by atoms with Crippen LogP contribution in [0.25, 0.3) is 11.1 Å². The summed E-state index contributed by atoms with van der Waals surface area (Å²) in [7, 11) is 0. The quantitative estimate of drug-likeness (QED) is 0.0829. The van der Waals surface area contributed by atoms with E-state index in [0.29, 0.717) is 29.3 Å². The molecule has 0 unspecified atom stereocenters. The number of carboxylic acid groups (broad SMARTS) is 1. The first-order valence-corrected chi connectivity index (χ1v) is 18.1. The Hall–Kier alpha value is -3.53. The lowest BCUT2D eigenvalue weighted by Crippen LogP contribution is -2.52. The lowest BCUT2D eigenvalue weighted by atomic mass is 9.96. The fourth-order valence-electron chi connectivity index (χ4n) is 5.96. The molecule has 1 heterocycles. The van der Waals surface area contributed by atoms with E-state index >= 15 is 0 Å². The van der Waals surface area contributed by atoms with Gasteiger partial charge in [-0.1, -0.05) is 41.4 Å². The number of carbonyl (C=O) groups is 2. The number of carbonyl (C=O) groups excluding carboxylic acids is 1. The lowest BCUT2D eigenvalue weighted by Gasteiger charge is -2.30. The molecule has 0 aliphatic heterocycles. The Morgan fingerprint density at radius 1 is 0.962 bits per heavy atom. The molecular weight excluding hydrogens is 717 g/mol. The fourth-order valence-corrected chi connectivity index (χ4v) is 6.48. The van der Waals surface area contributed by atoms with Crippen molar-refractivity contribution in [2.45, 2.75) is 87.7 Å². The summed E-state index contributed by atoms with van der Waals surface area (Å²) in [5, 5.41) is 61.4. The number of halogens is 2. The maximum atomic E-state index is 12.7. The van der Waals surface area contributed by atoms with Crippen LogP contribution in [0.15, 0.2) is 54.9 Å². The maximum absolute atomic E-state index is 12.7. The highest BCUT2D eigenvalue weighted by atomic mass is 35.5. The van der Waals surface area contributed by atoms with Crippen LogP contribution in [0.3, 0.4) is 0 Å². The average molecular weight is 763 g/mol. The van der Waals surface area contributed by atoms with Crippen molar-refractivity contribution in [2.75, 3.05) is 26.2 Å². The minimum absolute atomic E-state index is 0.0563. The van der Waals surface area contributed by atoms with Gasteiger partial charge in [-0.25, -0.2) is 4.79 Å². The molecule has 1 aromatic heterocycles. The predicted octanol–water partition coefficient (Wildman–Crippen LogP) is 3.66. The first-order valence-electron chi connectivity index (χ1n) is 17.3. The molecule has 0 saturated heterocycles. The Balaban J connectivity index is 1.19. The number of hydrogen-bond donors (Lipinski definition) is 7. The van der Waals surface area contributed by atoms with Gasteiger partial charge in [0.05, 0.1) is 31.5 Å². The number of amides is 2. The third kappa shape index (κ3) is 10.3. The molecular formula is C37H45Cl2N3O10. The number of carboxylic acids is 1. The van der Waals surface area contributed by atoms with E-state index in [1.807, 2.05) is 30.5 Å². The van der Waals surface area contributed by atoms with Gasteiger partial charge in [0, 0.05) is 40.1 Å². The smallest absolute Gasteiger partial charge is 0.323 e. The van der Waals surface area contributed by atoms with Crippen LogP contribution in [0.4, 0.5) is 4.79 Å². The van der Waals surface area contributed by atoms with Crippen molar-refractivity contribution < 1.29 is 49.7 Å². The second-order valence-corrected chi connectivity index (χ2v) is 14.1. The maximum Gasteiger partial charge on any atom is 0.323 e. The van der Waals surface area contributed by atoms with Gasteiger partial charge in [-0.05, 0) is 85.9 Å². The van der Waals surface area contributed by atoms with Gasteiger partial charge in [0.15, 0.2) is 0 Å². The number of urea groups is 1. The Bertz CT molecular complexity index is 1690. The Morgan fingerprint density at radius 2 is 1.65 bits per heavy atom. The first-order chi connectivity index (χ1) is 24.9. The van der Waals surface area contributed by atoms with Gasteiger partial charge in [0.25, 0.3) is 0 Å². The number of aryl methyl sites for hydroxylation is 1. The molecule has 282 valence electrons. The fraction of sp³-hybridized carbons (Fsp3) is 0.486. The van der Waals surface area contributed by atoms with Crippen molar-refractivity contribution >= 4 is 35.2 Å². The summed E-state index contributed by atoms with van der Waals surface area (Å²) in [6, 6.07) is 12.8. The third-order valence-corrected chi connectivity index (χ3v) is 9.97. The summed E-state index contributed by atoms with van der Waals surface area (Å²) in [6.07, 6.45) is 1.90. The number of para-hydroxylation sites is 1. The first kappa shape index (κ1) is 39.7. The van der Waals surface area contributed by atoms with Gasteiger partial charge >= 0.3 is 12.0 Å². The third-order valence-electron chi connectivity index (χ3n) is 9.27. The molecule has 5 rings (SSSR count). The molecule has 7 N–H and O–H groups in total. The number of aliphatic hydroxyl groups is 5. The molecule has 2 aliphatic rings. The highest BCUT2D eigenvalue weighted by Crippen LogP contribution is 2.53. The Morgan fingerprint density at radius 3 is 2.35 bits per heavy atom. The molecule has 4 atom stereocenters. The van der Waals surface area contributed by atoms with E-state index in [-0.39, 0.29) is 19.3 Å². The molecule has 52 heavy (non-hydrogen) atoms. The summed E-state index contributed by atoms with van der Waals surface area (Å²) >= 11 is 13.4. The normalized spacial score (nSPS) is 17.1. The molecule has 2 amide bonds. The van der Waals surface area contributed by atoms with Crippen LogP contribution < -0.4 is 10.1 Å². The second-order valence-electron chi connectivity index (χ2n) is 13.3. The van der Waals surface area contributed by atoms with Crippen molar-refractivity contribution in [1.29, 1.82) is 0 Å². The van der Waals surface area contributed by atoms with Gasteiger partial charge in [0.2, 0.25) is 0 Å². The zero-order chi connectivity index (χ0) is 37.4. The summed E-state index contributed by atoms with van der Waals surface area (Å²) in [4.78, 5) is 29.2. The van der Waals surface area contributed by atoms with Crippen molar-refractivity contribution in [2.24, 2.45) is 0 Å². The van der Waals surface area contributed by atoms with Crippen LogP contribution in [0.1, 0.15) is 55.2 Å². The van der Waals surface area contributed by atoms with E-state index in [1.54, 1.807) is 18.3 Å². The molecule has 3 aromatic rings. The number of rotatable bonds is 20. The van der Waals surface area contributed by atoms with E-state index in [2.05, 4.69) is 16.4 Å². The monoisotopic (exact) mass is 761 g/mol. The summed E-state index contributed by atoms with van der Waals surface area (Å²) in [5.74, 6) is -0.427. The highest BCUT2D eigenvalue weighted by Gasteiger charge is 2.48. The van der Waals surface area contributed by atoms with Crippen LogP contribution in [0.5, 0.6) is 5.75 Å². The molecule has 2 fully saturated rings. The van der Waals surface area contributed by atoms with Crippen LogP contribution in [0.2, 0.25) is 10.0 Å². The van der Waals surface area contributed by atoms with Crippen molar-refractivity contribution in [3.63, 3.8) is 0 Å². The summed E-state index contributed by atoms with van der Waals surface area (Å²) < 4.78 is 12.8. The number of pyridine rings is 1. The largest absolute Gasteiger partial charge is 0.490 e. The molecule has 15 heteroatoms. The lowest BCUT2D eigenvalue weighted by molar-refractivity contribution is -0.135. The van der Waals surface area contributed by atoms with Gasteiger partial charge < -0.3 is 50.3 Å².